The zero-order valence-electron chi connectivity index (χ0n) is 11.6. The third-order valence-corrected chi connectivity index (χ3v) is 2.39. The molecule has 0 amide bonds. The molecule has 2 heteroatoms. The van der Waals surface area contributed by atoms with Crippen LogP contribution in [0.4, 0.5) is 0 Å². The van der Waals surface area contributed by atoms with Crippen LogP contribution in [-0.4, -0.2) is 19.5 Å². The molecule has 0 N–H and O–H groups in total. The normalized spacial score (nSPS) is 16.9. The highest BCUT2D eigenvalue weighted by molar-refractivity contribution is 4.74. The first-order valence-corrected chi connectivity index (χ1v) is 6.52. The van der Waals surface area contributed by atoms with Crippen molar-refractivity contribution in [3.63, 3.8) is 0 Å². The van der Waals surface area contributed by atoms with E-state index < -0.39 is 0 Å². The van der Waals surface area contributed by atoms with E-state index in [1.165, 1.54) is 19.3 Å². The zero-order chi connectivity index (χ0) is 12.2. The average molecular weight is 234 g/mol. The largest absolute Gasteiger partial charge is 0.353 e. The van der Waals surface area contributed by atoms with Gasteiger partial charge >= 0.3 is 0 Å². The molecule has 0 bridgehead atoms. The van der Waals surface area contributed by atoms with E-state index in [4.69, 9.17) is 9.47 Å². The Morgan fingerprint density at radius 1 is 0.938 bits per heavy atom. The van der Waals surface area contributed by atoms with Crippen LogP contribution in [-0.2, 0) is 9.47 Å². The van der Waals surface area contributed by atoms with Gasteiger partial charge in [-0.2, -0.15) is 0 Å². The van der Waals surface area contributed by atoms with Gasteiger partial charge in [0.2, 0.25) is 0 Å². The molecule has 1 aliphatic rings. The van der Waals surface area contributed by atoms with Gasteiger partial charge in [-0.05, 0) is 19.8 Å². The third kappa shape index (κ3) is 8.12. The van der Waals surface area contributed by atoms with Crippen LogP contribution in [0.1, 0.15) is 74.1 Å². The fourth-order valence-electron chi connectivity index (χ4n) is 1.76. The molecule has 0 spiro atoms. The molecule has 16 heavy (non-hydrogen) atoms. The van der Waals surface area contributed by atoms with Crippen LogP contribution in [0.5, 0.6) is 0 Å². The molecule has 0 aromatic rings. The Balaban J connectivity index is -0.000000305. The maximum atomic E-state index is 5.60. The Labute approximate surface area is 104 Å². The van der Waals surface area contributed by atoms with Gasteiger partial charge in [-0.25, -0.2) is 0 Å². The van der Waals surface area contributed by atoms with E-state index in [0.29, 0.717) is 0 Å². The molecule has 1 aliphatic carbocycles. The molecule has 0 aromatic heterocycles. The van der Waals surface area contributed by atoms with Gasteiger partial charge in [-0.1, -0.05) is 41.5 Å². The summed E-state index contributed by atoms with van der Waals surface area (Å²) in [5.74, 6) is -0.229. The van der Waals surface area contributed by atoms with Crippen molar-refractivity contribution in [2.75, 3.05) is 13.7 Å². The molecule has 1 fully saturated rings. The Bertz CT molecular complexity index is 102. The predicted molar refractivity (Wildman–Crippen MR) is 73.9 cm³/mol. The fourth-order valence-corrected chi connectivity index (χ4v) is 1.76. The first kappa shape index (κ1) is 21.2. The maximum Gasteiger partial charge on any atom is 0.167 e. The minimum atomic E-state index is -0.229. The van der Waals surface area contributed by atoms with E-state index in [-0.39, 0.29) is 13.2 Å². The zero-order valence-corrected chi connectivity index (χ0v) is 11.6. The van der Waals surface area contributed by atoms with E-state index >= 15 is 0 Å². The van der Waals surface area contributed by atoms with Crippen LogP contribution in [0.2, 0.25) is 0 Å². The smallest absolute Gasteiger partial charge is 0.167 e. The monoisotopic (exact) mass is 234 g/mol. The lowest BCUT2D eigenvalue weighted by Crippen LogP contribution is -2.36. The van der Waals surface area contributed by atoms with Gasteiger partial charge in [-0.3, -0.25) is 0 Å². The van der Waals surface area contributed by atoms with E-state index in [1.807, 2.05) is 34.6 Å². The average Bonchev–Trinajstić information content (AvgIpc) is 2.36. The molecule has 0 atom stereocenters. The van der Waals surface area contributed by atoms with Crippen LogP contribution in [0, 0.1) is 0 Å². The summed E-state index contributed by atoms with van der Waals surface area (Å²) in [6.45, 7) is 10.8. The van der Waals surface area contributed by atoms with E-state index in [1.54, 1.807) is 7.11 Å². The SMILES string of the molecule is C.CC.CC.CCOC1(OC)CCCCC1. The minimum Gasteiger partial charge on any atom is -0.353 e. The number of methoxy groups -OCH3 is 1. The summed E-state index contributed by atoms with van der Waals surface area (Å²) in [4.78, 5) is 0. The summed E-state index contributed by atoms with van der Waals surface area (Å²) in [6, 6.07) is 0. The molecule has 102 valence electrons. The molecule has 1 rings (SSSR count). The molecule has 0 radical (unpaired) electrons. The molecule has 0 aromatic carbocycles. The second kappa shape index (κ2) is 14.9. The lowest BCUT2D eigenvalue weighted by atomic mass is 9.94. The van der Waals surface area contributed by atoms with Crippen LogP contribution in [0.25, 0.3) is 0 Å². The number of rotatable bonds is 3. The molecular weight excluding hydrogens is 200 g/mol. The van der Waals surface area contributed by atoms with Crippen molar-refractivity contribution in [1.29, 1.82) is 0 Å². The van der Waals surface area contributed by atoms with Gasteiger partial charge in [0.1, 0.15) is 0 Å². The maximum absolute atomic E-state index is 5.60. The molecule has 0 heterocycles. The molecule has 0 unspecified atom stereocenters. The lowest BCUT2D eigenvalue weighted by molar-refractivity contribution is -0.235. The van der Waals surface area contributed by atoms with Crippen molar-refractivity contribution in [3.05, 3.63) is 0 Å². The van der Waals surface area contributed by atoms with Crippen molar-refractivity contribution >= 4 is 0 Å². The summed E-state index contributed by atoms with van der Waals surface area (Å²) in [7, 11) is 1.75. The summed E-state index contributed by atoms with van der Waals surface area (Å²) < 4.78 is 11.0. The molecular formula is C14H34O2. The van der Waals surface area contributed by atoms with Crippen LogP contribution >= 0.6 is 0 Å². The van der Waals surface area contributed by atoms with Crippen molar-refractivity contribution in [2.45, 2.75) is 79.9 Å². The molecule has 0 saturated heterocycles. The lowest BCUT2D eigenvalue weighted by Gasteiger charge is -2.35. The highest BCUT2D eigenvalue weighted by atomic mass is 16.7. The topological polar surface area (TPSA) is 18.5 Å². The predicted octanol–water partition coefficient (Wildman–Crippen LogP) is 5.02. The Morgan fingerprint density at radius 3 is 1.69 bits per heavy atom. The van der Waals surface area contributed by atoms with Crippen molar-refractivity contribution in [3.8, 4) is 0 Å². The van der Waals surface area contributed by atoms with Crippen LogP contribution in [0.3, 0.4) is 0 Å². The van der Waals surface area contributed by atoms with Gasteiger partial charge in [0.05, 0.1) is 0 Å². The van der Waals surface area contributed by atoms with Crippen LogP contribution < -0.4 is 0 Å². The highest BCUT2D eigenvalue weighted by Crippen LogP contribution is 2.31. The number of hydrogen-bond acceptors (Lipinski definition) is 2. The van der Waals surface area contributed by atoms with Crippen LogP contribution in [0.15, 0.2) is 0 Å². The van der Waals surface area contributed by atoms with Crippen molar-refractivity contribution in [1.82, 2.24) is 0 Å². The Morgan fingerprint density at radius 2 is 1.38 bits per heavy atom. The first-order chi connectivity index (χ1) is 7.33. The quantitative estimate of drug-likeness (QED) is 0.638. The number of hydrogen-bond donors (Lipinski definition) is 0. The first-order valence-electron chi connectivity index (χ1n) is 6.52. The second-order valence-corrected chi connectivity index (χ2v) is 3.11. The summed E-state index contributed by atoms with van der Waals surface area (Å²) in [6.07, 6.45) is 5.95. The highest BCUT2D eigenvalue weighted by Gasteiger charge is 2.31. The van der Waals surface area contributed by atoms with Crippen molar-refractivity contribution < 1.29 is 9.47 Å². The minimum absolute atomic E-state index is 0. The van der Waals surface area contributed by atoms with Gasteiger partial charge in [0, 0.05) is 26.6 Å². The van der Waals surface area contributed by atoms with Gasteiger partial charge < -0.3 is 9.47 Å². The Hall–Kier alpha value is -0.0800. The van der Waals surface area contributed by atoms with Gasteiger partial charge in [-0.15, -0.1) is 0 Å². The number of ether oxygens (including phenoxy) is 2. The summed E-state index contributed by atoms with van der Waals surface area (Å²) in [5, 5.41) is 0. The van der Waals surface area contributed by atoms with Crippen molar-refractivity contribution in [2.24, 2.45) is 0 Å². The summed E-state index contributed by atoms with van der Waals surface area (Å²) >= 11 is 0. The standard InChI is InChI=1S/C9H18O2.2C2H6.CH4/c1-3-11-9(10-2)7-5-4-6-8-9;2*1-2;/h3-8H2,1-2H3;2*1-2H3;1H4. The van der Waals surface area contributed by atoms with E-state index in [0.717, 1.165) is 19.4 Å². The fraction of sp³-hybridized carbons (Fsp3) is 1.00. The molecule has 1 saturated carbocycles. The summed E-state index contributed by atoms with van der Waals surface area (Å²) in [5.41, 5.74) is 0. The Kier molecular flexibility index (Phi) is 19.8. The second-order valence-electron chi connectivity index (χ2n) is 3.11. The third-order valence-electron chi connectivity index (χ3n) is 2.39. The van der Waals surface area contributed by atoms with E-state index in [2.05, 4.69) is 0 Å². The van der Waals surface area contributed by atoms with Gasteiger partial charge in [0.25, 0.3) is 0 Å². The molecule has 0 aliphatic heterocycles. The molecule has 2 nitrogen and oxygen atoms in total. The van der Waals surface area contributed by atoms with Gasteiger partial charge in [0.15, 0.2) is 5.79 Å². The van der Waals surface area contributed by atoms with E-state index in [9.17, 15) is 0 Å².